The van der Waals surface area contributed by atoms with Crippen molar-refractivity contribution in [1.29, 1.82) is 0 Å². The molecular weight excluding hydrogens is 789 g/mol. The summed E-state index contributed by atoms with van der Waals surface area (Å²) >= 11 is 0. The minimum Gasteiger partial charge on any atom is -0.354 e. The number of aromatic amines is 2. The third-order valence-corrected chi connectivity index (χ3v) is 12.3. The number of carbonyl (C=O) groups excluding carboxylic acids is 2. The van der Waals surface area contributed by atoms with Crippen LogP contribution in [0.15, 0.2) is 182 Å². The third kappa shape index (κ3) is 6.11. The Morgan fingerprint density at radius 2 is 0.781 bits per heavy atom. The second kappa shape index (κ2) is 15.0. The second-order valence-electron chi connectivity index (χ2n) is 16.1. The number of carbonyl (C=O) groups is 2. The second-order valence-corrected chi connectivity index (χ2v) is 16.1. The number of nitrogens with one attached hydrogen (secondary N) is 2. The summed E-state index contributed by atoms with van der Waals surface area (Å²) in [6.45, 7) is 0.135. The molecule has 3 aliphatic rings. The summed E-state index contributed by atoms with van der Waals surface area (Å²) in [6, 6.07) is 56.9. The lowest BCUT2D eigenvalue weighted by molar-refractivity contribution is 0.0642. The van der Waals surface area contributed by atoms with E-state index in [-0.39, 0.29) is 18.4 Å². The monoisotopic (exact) mass is 824 g/mol. The zero-order valence-corrected chi connectivity index (χ0v) is 34.3. The van der Waals surface area contributed by atoms with Crippen molar-refractivity contribution < 1.29 is 9.59 Å². The summed E-state index contributed by atoms with van der Waals surface area (Å²) in [5.74, 6) is -0.689. The fraction of sp³-hybridized carbons (Fsp3) is 0.0179. The lowest BCUT2D eigenvalue weighted by atomic mass is 9.92. The van der Waals surface area contributed by atoms with Gasteiger partial charge in [-0.05, 0) is 88.5 Å². The molecule has 0 saturated carbocycles. The van der Waals surface area contributed by atoms with Gasteiger partial charge in [-0.3, -0.25) is 19.5 Å². The summed E-state index contributed by atoms with van der Waals surface area (Å²) in [7, 11) is 0. The summed E-state index contributed by atoms with van der Waals surface area (Å²) in [6.07, 6.45) is 7.54. The first-order valence-electron chi connectivity index (χ1n) is 21.2. The van der Waals surface area contributed by atoms with Gasteiger partial charge in [0, 0.05) is 67.8 Å². The van der Waals surface area contributed by atoms with Crippen molar-refractivity contribution in [2.45, 2.75) is 6.54 Å². The molecule has 64 heavy (non-hydrogen) atoms. The highest BCUT2D eigenvalue weighted by molar-refractivity contribution is 6.23. The van der Waals surface area contributed by atoms with Crippen LogP contribution in [0.5, 0.6) is 0 Å². The van der Waals surface area contributed by atoms with Crippen LogP contribution in [0.4, 0.5) is 0 Å². The molecule has 8 bridgehead atoms. The van der Waals surface area contributed by atoms with Crippen LogP contribution in [0, 0.1) is 0 Å². The average Bonchev–Trinajstić information content (AvgIpc) is 4.21. The van der Waals surface area contributed by atoms with Crippen LogP contribution in [-0.2, 0) is 6.54 Å². The Morgan fingerprint density at radius 3 is 1.19 bits per heavy atom. The van der Waals surface area contributed by atoms with E-state index in [9.17, 15) is 9.59 Å². The highest BCUT2D eigenvalue weighted by atomic mass is 16.2. The number of benzene rings is 5. The molecule has 0 saturated heterocycles. The van der Waals surface area contributed by atoms with Gasteiger partial charge in [0.25, 0.3) is 11.8 Å². The predicted molar refractivity (Wildman–Crippen MR) is 255 cm³/mol. The van der Waals surface area contributed by atoms with E-state index in [1.54, 1.807) is 12.4 Å². The molecule has 4 aromatic heterocycles. The minimum atomic E-state index is -0.344. The Balaban J connectivity index is 1.25. The SMILES string of the molecule is O=C1c2cc3c(cc2C(=O)N1Cc1ccncc1)-c1nc-3c(-c2ccccc2)c2ccc([nH]2)c(-c2ccccc2)c2nc(c(-c3ccccc3)c3ccc([nH]3)c1-c1ccccc1)C=C2. The van der Waals surface area contributed by atoms with Crippen molar-refractivity contribution in [2.24, 2.45) is 0 Å². The Bertz CT molecular complexity index is 3330. The molecule has 12 rings (SSSR count). The number of rotatable bonds is 6. The number of hydrogen-bond acceptors (Lipinski definition) is 5. The Labute approximate surface area is 367 Å². The number of fused-ring (bicyclic) bond motifs is 12. The van der Waals surface area contributed by atoms with Gasteiger partial charge in [0.2, 0.25) is 0 Å². The molecule has 0 radical (unpaired) electrons. The molecule has 3 aliphatic heterocycles. The third-order valence-electron chi connectivity index (χ3n) is 12.3. The van der Waals surface area contributed by atoms with Crippen molar-refractivity contribution in [3.8, 4) is 67.0 Å². The number of amides is 2. The molecule has 0 atom stereocenters. The van der Waals surface area contributed by atoms with Crippen LogP contribution in [0.25, 0.3) is 101 Å². The zero-order chi connectivity index (χ0) is 42.7. The molecule has 0 unspecified atom stereocenters. The van der Waals surface area contributed by atoms with Crippen LogP contribution in [0.3, 0.4) is 0 Å². The lowest BCUT2D eigenvalue weighted by Crippen LogP contribution is -2.29. The normalized spacial score (nSPS) is 12.7. The standard InChI is InChI=1S/C56H36N6O2/c63-55-41-31-39-40(32-42(41)56(64)62(55)33-34-27-29-57-30-28-34)54-52(38-19-11-4-12-20-38)48-26-24-46(60-48)50(36-15-7-2-8-16-36)44-22-21-43(58-44)49(35-13-5-1-6-14-35)45-23-25-47(59-45)51(53(39)61-54)37-17-9-3-10-18-37/h1-32,59-60H,33H2. The maximum atomic E-state index is 14.4. The van der Waals surface area contributed by atoms with E-state index < -0.39 is 0 Å². The van der Waals surface area contributed by atoms with Crippen molar-refractivity contribution >= 4 is 46.0 Å². The number of pyridine rings is 1. The molecule has 7 heterocycles. The topological polar surface area (TPSA) is 108 Å². The summed E-state index contributed by atoms with van der Waals surface area (Å²) in [5.41, 5.74) is 17.0. The first-order chi connectivity index (χ1) is 31.6. The fourth-order valence-corrected chi connectivity index (χ4v) is 9.31. The van der Waals surface area contributed by atoms with Gasteiger partial charge in [-0.2, -0.15) is 0 Å². The number of H-pyrrole nitrogens is 2. The van der Waals surface area contributed by atoms with Crippen LogP contribution in [0.1, 0.15) is 37.7 Å². The molecule has 5 aromatic carbocycles. The quantitative estimate of drug-likeness (QED) is 0.162. The van der Waals surface area contributed by atoms with E-state index in [1.807, 2.05) is 97.1 Å². The van der Waals surface area contributed by atoms with Crippen LogP contribution in [-0.4, -0.2) is 41.6 Å². The number of nitrogens with zero attached hydrogens (tertiary/aromatic N) is 4. The number of imide groups is 1. The fourth-order valence-electron chi connectivity index (χ4n) is 9.31. The first-order valence-corrected chi connectivity index (χ1v) is 21.2. The number of aromatic nitrogens is 5. The molecule has 8 nitrogen and oxygen atoms in total. The van der Waals surface area contributed by atoms with Crippen LogP contribution in [0.2, 0.25) is 0 Å². The number of hydrogen-bond donors (Lipinski definition) is 2. The van der Waals surface area contributed by atoms with Gasteiger partial charge in [-0.1, -0.05) is 121 Å². The minimum absolute atomic E-state index is 0.135. The van der Waals surface area contributed by atoms with Gasteiger partial charge in [-0.15, -0.1) is 0 Å². The molecule has 2 N–H and O–H groups in total. The molecule has 2 amide bonds. The van der Waals surface area contributed by atoms with E-state index in [0.29, 0.717) is 22.5 Å². The van der Waals surface area contributed by atoms with E-state index in [2.05, 4.69) is 99.9 Å². The highest BCUT2D eigenvalue weighted by Gasteiger charge is 2.39. The molecule has 0 spiro atoms. The molecule has 0 fully saturated rings. The Hall–Kier alpha value is -8.75. The summed E-state index contributed by atoms with van der Waals surface area (Å²) in [5, 5.41) is 0. The van der Waals surface area contributed by atoms with Crippen molar-refractivity contribution in [2.75, 3.05) is 0 Å². The van der Waals surface area contributed by atoms with E-state index >= 15 is 0 Å². The lowest BCUT2D eigenvalue weighted by Gasteiger charge is -2.13. The molecule has 0 aliphatic carbocycles. The van der Waals surface area contributed by atoms with E-state index in [4.69, 9.17) is 9.97 Å². The maximum absolute atomic E-state index is 14.4. The van der Waals surface area contributed by atoms with Crippen molar-refractivity contribution in [1.82, 2.24) is 29.8 Å². The molecule has 9 aromatic rings. The average molecular weight is 825 g/mol. The maximum Gasteiger partial charge on any atom is 0.261 e. The van der Waals surface area contributed by atoms with Crippen molar-refractivity contribution in [3.05, 3.63) is 210 Å². The first kappa shape index (κ1) is 37.0. The Morgan fingerprint density at radius 1 is 0.406 bits per heavy atom. The smallest absolute Gasteiger partial charge is 0.261 e. The molecular formula is C56H36N6O2. The zero-order valence-electron chi connectivity index (χ0n) is 34.3. The van der Waals surface area contributed by atoms with Crippen molar-refractivity contribution in [3.63, 3.8) is 0 Å². The largest absolute Gasteiger partial charge is 0.354 e. The molecule has 8 heteroatoms. The van der Waals surface area contributed by atoms with Crippen LogP contribution >= 0.6 is 0 Å². The van der Waals surface area contributed by atoms with Gasteiger partial charge in [0.15, 0.2) is 0 Å². The predicted octanol–water partition coefficient (Wildman–Crippen LogP) is 12.7. The molecule has 302 valence electrons. The van der Waals surface area contributed by atoms with E-state index in [0.717, 1.165) is 94.7 Å². The van der Waals surface area contributed by atoms with E-state index in [1.165, 1.54) is 4.90 Å². The van der Waals surface area contributed by atoms with Crippen LogP contribution < -0.4 is 0 Å². The van der Waals surface area contributed by atoms with Gasteiger partial charge in [-0.25, -0.2) is 9.97 Å². The van der Waals surface area contributed by atoms with Gasteiger partial charge in [0.05, 0.1) is 40.4 Å². The van der Waals surface area contributed by atoms with Gasteiger partial charge >= 0.3 is 0 Å². The highest BCUT2D eigenvalue weighted by Crippen LogP contribution is 2.48. The van der Waals surface area contributed by atoms with Gasteiger partial charge < -0.3 is 9.97 Å². The summed E-state index contributed by atoms with van der Waals surface area (Å²) < 4.78 is 0. The Kier molecular flexibility index (Phi) is 8.69. The summed E-state index contributed by atoms with van der Waals surface area (Å²) in [4.78, 5) is 53.0. The van der Waals surface area contributed by atoms with Gasteiger partial charge in [0.1, 0.15) is 0 Å².